The molecule has 1 aromatic carbocycles. The number of halogens is 1. The predicted molar refractivity (Wildman–Crippen MR) is 131 cm³/mol. The third-order valence-corrected chi connectivity index (χ3v) is 6.45. The summed E-state index contributed by atoms with van der Waals surface area (Å²) < 4.78 is 0. The number of aromatic amines is 1. The van der Waals surface area contributed by atoms with E-state index in [0.29, 0.717) is 33.0 Å². The highest BCUT2D eigenvalue weighted by atomic mass is 35.5. The van der Waals surface area contributed by atoms with Crippen molar-refractivity contribution in [2.24, 2.45) is 0 Å². The fourth-order valence-corrected chi connectivity index (χ4v) is 4.46. The lowest BCUT2D eigenvalue weighted by atomic mass is 10.0. The largest absolute Gasteiger partial charge is 0.477 e. The number of fused-ring (bicyclic) bond motifs is 1. The molecule has 0 aliphatic heterocycles. The minimum absolute atomic E-state index is 0.0936. The van der Waals surface area contributed by atoms with Gasteiger partial charge in [-0.1, -0.05) is 23.7 Å². The summed E-state index contributed by atoms with van der Waals surface area (Å²) >= 11 is 6.96. The van der Waals surface area contributed by atoms with Crippen LogP contribution in [-0.2, 0) is 6.42 Å². The van der Waals surface area contributed by atoms with Gasteiger partial charge in [0.15, 0.2) is 0 Å². The van der Waals surface area contributed by atoms with Crippen LogP contribution < -0.4 is 10.9 Å². The molecule has 0 spiro atoms. The Morgan fingerprint density at radius 3 is 2.43 bits per heavy atom. The first kappa shape index (κ1) is 28.8. The molecule has 0 saturated carbocycles. The lowest BCUT2D eigenvalue weighted by Crippen LogP contribution is -2.48. The Morgan fingerprint density at radius 1 is 1.20 bits per heavy atom. The molecule has 0 aliphatic carbocycles. The number of aryl methyl sites for hydroxylation is 1. The molecular weight excluding hydrogens is 502 g/mol. The number of H-pyrrole nitrogens is 1. The van der Waals surface area contributed by atoms with Gasteiger partial charge in [-0.15, -0.1) is 11.3 Å². The lowest BCUT2D eigenvalue weighted by Gasteiger charge is -2.25. The number of benzene rings is 1. The standard InChI is InChI=1S/C15H11ClN2O3S.C7H17NO5/c1-7-11-13(19)17-10(6-8-3-2-4-9(16)5-8)18-14(11)22-12(7)15(20)21;1-8-2-4(10)6(12)7(13)5(11)3-9/h2-5H,6H2,1H3,(H,20,21)(H,17,18,19);4-13H,2-3H2,1H3/t;4-,5+,6+,7+/m.0/s1. The minimum Gasteiger partial charge on any atom is -0.477 e. The molecule has 8 N–H and O–H groups in total. The molecule has 13 heteroatoms. The van der Waals surface area contributed by atoms with Crippen molar-refractivity contribution in [1.29, 1.82) is 0 Å². The van der Waals surface area contributed by atoms with E-state index in [-0.39, 0.29) is 17.0 Å². The van der Waals surface area contributed by atoms with Gasteiger partial charge in [0.25, 0.3) is 5.56 Å². The van der Waals surface area contributed by atoms with Crippen LogP contribution in [0.25, 0.3) is 10.2 Å². The number of aliphatic hydroxyl groups excluding tert-OH is 5. The molecule has 0 amide bonds. The molecule has 0 aliphatic rings. The normalized spacial score (nSPS) is 14.6. The van der Waals surface area contributed by atoms with Gasteiger partial charge in [0.05, 0.1) is 18.1 Å². The van der Waals surface area contributed by atoms with Crippen molar-refractivity contribution in [3.8, 4) is 0 Å². The molecule has 192 valence electrons. The average Bonchev–Trinajstić information content (AvgIpc) is 3.15. The molecule has 2 heterocycles. The van der Waals surface area contributed by atoms with E-state index in [0.717, 1.165) is 16.9 Å². The van der Waals surface area contributed by atoms with Gasteiger partial charge < -0.3 is 40.9 Å². The van der Waals surface area contributed by atoms with Crippen LogP contribution in [0.2, 0.25) is 5.02 Å². The Bertz CT molecular complexity index is 1200. The number of thiophene rings is 1. The van der Waals surface area contributed by atoms with Gasteiger partial charge in [-0.05, 0) is 37.2 Å². The first-order valence-corrected chi connectivity index (χ1v) is 11.7. The third kappa shape index (κ3) is 7.53. The van der Waals surface area contributed by atoms with E-state index in [1.54, 1.807) is 26.1 Å². The Hall–Kier alpha value is -2.42. The molecule has 0 saturated heterocycles. The molecule has 11 nitrogen and oxygen atoms in total. The number of carboxylic acids is 1. The molecule has 0 fully saturated rings. The summed E-state index contributed by atoms with van der Waals surface area (Å²) in [5, 5.41) is 57.6. The van der Waals surface area contributed by atoms with Crippen molar-refractivity contribution in [3.05, 3.63) is 61.5 Å². The van der Waals surface area contributed by atoms with Gasteiger partial charge in [-0.25, -0.2) is 9.78 Å². The van der Waals surface area contributed by atoms with E-state index in [9.17, 15) is 14.7 Å². The number of aromatic nitrogens is 2. The Balaban J connectivity index is 0.000000287. The zero-order valence-electron chi connectivity index (χ0n) is 19.0. The third-order valence-electron chi connectivity index (χ3n) is 5.04. The number of nitrogens with one attached hydrogen (secondary N) is 2. The molecule has 2 aromatic heterocycles. The van der Waals surface area contributed by atoms with Crippen molar-refractivity contribution >= 4 is 39.1 Å². The van der Waals surface area contributed by atoms with Gasteiger partial charge in [-0.3, -0.25) is 4.79 Å². The van der Waals surface area contributed by atoms with Crippen molar-refractivity contribution in [3.63, 3.8) is 0 Å². The van der Waals surface area contributed by atoms with Gasteiger partial charge in [0.2, 0.25) is 0 Å². The van der Waals surface area contributed by atoms with Gasteiger partial charge >= 0.3 is 5.97 Å². The lowest BCUT2D eigenvalue weighted by molar-refractivity contribution is -0.113. The van der Waals surface area contributed by atoms with Crippen LogP contribution >= 0.6 is 22.9 Å². The highest BCUT2D eigenvalue weighted by molar-refractivity contribution is 7.20. The maximum absolute atomic E-state index is 12.2. The molecule has 0 unspecified atom stereocenters. The number of likely N-dealkylation sites (N-methyl/N-ethyl adjacent to an activating group) is 1. The van der Waals surface area contributed by atoms with Crippen LogP contribution in [0.5, 0.6) is 0 Å². The zero-order valence-corrected chi connectivity index (χ0v) is 20.5. The maximum atomic E-state index is 12.2. The molecule has 0 bridgehead atoms. The number of nitrogens with zero attached hydrogens (tertiary/aromatic N) is 1. The second kappa shape index (κ2) is 13.0. The van der Waals surface area contributed by atoms with E-state index in [4.69, 9.17) is 37.1 Å². The molecule has 0 radical (unpaired) electrons. The fourth-order valence-electron chi connectivity index (χ4n) is 3.21. The van der Waals surface area contributed by atoms with E-state index in [2.05, 4.69) is 15.3 Å². The van der Waals surface area contributed by atoms with E-state index in [1.165, 1.54) is 0 Å². The molecule has 3 aromatic rings. The Kier molecular flexibility index (Phi) is 10.7. The average molecular weight is 530 g/mol. The number of rotatable bonds is 9. The van der Waals surface area contributed by atoms with E-state index >= 15 is 0 Å². The van der Waals surface area contributed by atoms with Crippen LogP contribution in [0.4, 0.5) is 0 Å². The zero-order chi connectivity index (χ0) is 26.3. The van der Waals surface area contributed by atoms with Crippen LogP contribution in [0.15, 0.2) is 29.1 Å². The number of hydrogen-bond donors (Lipinski definition) is 8. The summed E-state index contributed by atoms with van der Waals surface area (Å²) in [6.07, 6.45) is -5.23. The predicted octanol–water partition coefficient (Wildman–Crippen LogP) is -0.123. The highest BCUT2D eigenvalue weighted by Crippen LogP contribution is 2.27. The van der Waals surface area contributed by atoms with Gasteiger partial charge in [0.1, 0.15) is 33.8 Å². The maximum Gasteiger partial charge on any atom is 0.346 e. The topological polar surface area (TPSA) is 196 Å². The molecule has 3 rings (SSSR count). The van der Waals surface area contributed by atoms with E-state index < -0.39 is 37.0 Å². The van der Waals surface area contributed by atoms with Crippen molar-refractivity contribution in [2.75, 3.05) is 20.2 Å². The quantitative estimate of drug-likeness (QED) is 0.185. The van der Waals surface area contributed by atoms with Gasteiger partial charge in [-0.2, -0.15) is 0 Å². The van der Waals surface area contributed by atoms with Crippen LogP contribution in [0, 0.1) is 6.92 Å². The SMILES string of the molecule is CNC[C@H](O)[C@@H](O)[C@H](O)[C@H](O)CO.Cc1c(C(=O)O)sc2nc(Cc3cccc(Cl)c3)[nH]c(=O)c12. The summed E-state index contributed by atoms with van der Waals surface area (Å²) in [6, 6.07) is 7.28. The monoisotopic (exact) mass is 529 g/mol. The van der Waals surface area contributed by atoms with Gasteiger partial charge in [0, 0.05) is 18.0 Å². The smallest absolute Gasteiger partial charge is 0.346 e. The summed E-state index contributed by atoms with van der Waals surface area (Å²) in [6.45, 7) is 1.05. The Labute approximate surface area is 209 Å². The van der Waals surface area contributed by atoms with E-state index in [1.807, 2.05) is 12.1 Å². The number of hydrogen-bond acceptors (Lipinski definition) is 10. The second-order valence-electron chi connectivity index (χ2n) is 7.72. The summed E-state index contributed by atoms with van der Waals surface area (Å²) in [5.41, 5.74) is 1.06. The summed E-state index contributed by atoms with van der Waals surface area (Å²) in [7, 11) is 1.57. The van der Waals surface area contributed by atoms with Crippen molar-refractivity contribution in [2.45, 2.75) is 37.8 Å². The fraction of sp³-hybridized carbons (Fsp3) is 0.409. The van der Waals surface area contributed by atoms with Crippen LogP contribution in [0.3, 0.4) is 0 Å². The molecule has 35 heavy (non-hydrogen) atoms. The minimum atomic E-state index is -1.55. The van der Waals surface area contributed by atoms with Crippen molar-refractivity contribution < 1.29 is 35.4 Å². The number of aromatic carboxylic acids is 1. The number of carboxylic acid groups (broad SMARTS) is 1. The number of aliphatic hydroxyl groups is 5. The van der Waals surface area contributed by atoms with Crippen LogP contribution in [-0.4, -0.2) is 91.2 Å². The summed E-state index contributed by atoms with van der Waals surface area (Å²) in [5.74, 6) is -0.561. The second-order valence-corrected chi connectivity index (χ2v) is 9.15. The highest BCUT2D eigenvalue weighted by Gasteiger charge is 2.29. The summed E-state index contributed by atoms with van der Waals surface area (Å²) in [4.78, 5) is 31.1. The Morgan fingerprint density at radius 2 is 1.86 bits per heavy atom. The van der Waals surface area contributed by atoms with Crippen LogP contribution in [0.1, 0.15) is 26.6 Å². The first-order valence-electron chi connectivity index (χ1n) is 10.5. The number of carbonyl (C=O) groups is 1. The molecular formula is C22H28ClN3O8S. The molecule has 4 atom stereocenters. The first-order chi connectivity index (χ1) is 16.5. The van der Waals surface area contributed by atoms with Crippen molar-refractivity contribution in [1.82, 2.24) is 15.3 Å².